The van der Waals surface area contributed by atoms with Crippen LogP contribution in [0.25, 0.3) is 11.1 Å². The number of hydrogen-bond acceptors (Lipinski definition) is 6. The fraction of sp³-hybridized carbons (Fsp3) is 0.273. The summed E-state index contributed by atoms with van der Waals surface area (Å²) in [6, 6.07) is 10.3. The minimum absolute atomic E-state index is 0.113. The van der Waals surface area contributed by atoms with Crippen molar-refractivity contribution in [1.29, 1.82) is 0 Å². The Hall–Kier alpha value is -3.13. The molecule has 30 heavy (non-hydrogen) atoms. The van der Waals surface area contributed by atoms with Gasteiger partial charge < -0.3 is 10.1 Å². The van der Waals surface area contributed by atoms with Crippen LogP contribution < -0.4 is 10.1 Å². The fourth-order valence-electron chi connectivity index (χ4n) is 3.28. The number of piperidine rings is 1. The van der Waals surface area contributed by atoms with Crippen molar-refractivity contribution in [3.05, 3.63) is 67.1 Å². The Labute approximate surface area is 174 Å². The van der Waals surface area contributed by atoms with Gasteiger partial charge in [-0.1, -0.05) is 12.1 Å². The van der Waals surface area contributed by atoms with Crippen molar-refractivity contribution in [1.82, 2.24) is 19.9 Å². The van der Waals surface area contributed by atoms with Crippen molar-refractivity contribution >= 4 is 11.6 Å². The first-order valence-corrected chi connectivity index (χ1v) is 9.79. The van der Waals surface area contributed by atoms with Gasteiger partial charge in [0, 0.05) is 24.5 Å². The molecule has 0 atom stereocenters. The van der Waals surface area contributed by atoms with E-state index in [2.05, 4.69) is 36.3 Å². The Bertz CT molecular complexity index is 927. The molecule has 0 aliphatic carbocycles. The zero-order chi connectivity index (χ0) is 20.8. The maximum absolute atomic E-state index is 12.2. The van der Waals surface area contributed by atoms with Crippen LogP contribution in [0.15, 0.2) is 55.0 Å². The maximum atomic E-state index is 12.2. The summed E-state index contributed by atoms with van der Waals surface area (Å²) < 4.78 is 28.8. The normalized spacial score (nSPS) is 14.6. The highest BCUT2D eigenvalue weighted by molar-refractivity contribution is 5.63. The molecule has 1 aromatic carbocycles. The summed E-state index contributed by atoms with van der Waals surface area (Å²) >= 11 is 0. The lowest BCUT2D eigenvalue weighted by molar-refractivity contribution is -0.0498. The Kier molecular flexibility index (Phi) is 6.44. The van der Waals surface area contributed by atoms with Crippen LogP contribution in [-0.2, 0) is 6.54 Å². The minimum atomic E-state index is -2.84. The number of anilines is 2. The van der Waals surface area contributed by atoms with Gasteiger partial charge in [-0.2, -0.15) is 8.78 Å². The minimum Gasteiger partial charge on any atom is -0.435 e. The number of alkyl halides is 2. The van der Waals surface area contributed by atoms with Crippen LogP contribution in [0.1, 0.15) is 18.5 Å². The Morgan fingerprint density at radius 2 is 1.63 bits per heavy atom. The van der Waals surface area contributed by atoms with Crippen molar-refractivity contribution in [3.8, 4) is 16.9 Å². The molecular formula is C22H22F2N5O. The number of benzene rings is 1. The molecule has 1 fully saturated rings. The number of nitrogens with one attached hydrogen (secondary N) is 1. The molecule has 8 heteroatoms. The molecule has 1 radical (unpaired) electrons. The lowest BCUT2D eigenvalue weighted by atomic mass is 10.1. The van der Waals surface area contributed by atoms with E-state index in [1.165, 1.54) is 12.1 Å². The average molecular weight is 410 g/mol. The van der Waals surface area contributed by atoms with Crippen molar-refractivity contribution < 1.29 is 13.5 Å². The molecule has 4 rings (SSSR count). The Balaban J connectivity index is 1.35. The number of likely N-dealkylation sites (tertiary alicyclic amines) is 1. The molecule has 2 aromatic heterocycles. The van der Waals surface area contributed by atoms with Gasteiger partial charge in [-0.25, -0.2) is 9.97 Å². The summed E-state index contributed by atoms with van der Waals surface area (Å²) in [7, 11) is 0. The molecule has 1 N–H and O–H groups in total. The highest BCUT2D eigenvalue weighted by atomic mass is 19.3. The van der Waals surface area contributed by atoms with Gasteiger partial charge in [0.25, 0.3) is 0 Å². The standard InChI is InChI=1S/C22H22F2N5O/c23-21(24)30-20-8-4-16(5-9-20)17-12-26-22(27-13-17)28-18-6-7-19(25-14-18)15-29-10-2-1-3-11-29/h1,4-9,12-14,21H,2-3,10-11,15H2,(H,26,27,28). The molecule has 3 heterocycles. The zero-order valence-corrected chi connectivity index (χ0v) is 16.3. The summed E-state index contributed by atoms with van der Waals surface area (Å²) in [6.07, 6.45) is 9.74. The second-order valence-electron chi connectivity index (χ2n) is 7.00. The monoisotopic (exact) mass is 410 g/mol. The van der Waals surface area contributed by atoms with Gasteiger partial charge in [0.15, 0.2) is 0 Å². The predicted octanol–water partition coefficient (Wildman–Crippen LogP) is 4.68. The number of hydrogen-bond donors (Lipinski definition) is 1. The van der Waals surface area contributed by atoms with Crippen LogP contribution in [0.3, 0.4) is 0 Å². The first-order valence-electron chi connectivity index (χ1n) is 9.79. The summed E-state index contributed by atoms with van der Waals surface area (Å²) in [5.41, 5.74) is 3.44. The van der Waals surface area contributed by atoms with Crippen LogP contribution in [-0.4, -0.2) is 39.6 Å². The highest BCUT2D eigenvalue weighted by Gasteiger charge is 2.11. The van der Waals surface area contributed by atoms with Crippen LogP contribution in [0, 0.1) is 6.42 Å². The molecule has 6 nitrogen and oxygen atoms in total. The van der Waals surface area contributed by atoms with Crippen molar-refractivity contribution in [3.63, 3.8) is 0 Å². The number of rotatable bonds is 7. The third kappa shape index (κ3) is 5.48. The smallest absolute Gasteiger partial charge is 0.387 e. The number of halogens is 2. The molecule has 1 aliphatic rings. The average Bonchev–Trinajstić information content (AvgIpc) is 2.77. The third-order valence-corrected chi connectivity index (χ3v) is 4.83. The number of aromatic nitrogens is 3. The fourth-order valence-corrected chi connectivity index (χ4v) is 3.28. The second-order valence-corrected chi connectivity index (χ2v) is 7.00. The van der Waals surface area contributed by atoms with Crippen LogP contribution in [0.2, 0.25) is 0 Å². The Morgan fingerprint density at radius 3 is 2.27 bits per heavy atom. The van der Waals surface area contributed by atoms with Crippen molar-refractivity contribution in [2.75, 3.05) is 18.4 Å². The van der Waals surface area contributed by atoms with E-state index >= 15 is 0 Å². The largest absolute Gasteiger partial charge is 0.435 e. The van der Waals surface area contributed by atoms with E-state index in [0.29, 0.717) is 5.95 Å². The van der Waals surface area contributed by atoms with Gasteiger partial charge in [0.1, 0.15) is 5.75 Å². The molecule has 3 aromatic rings. The molecule has 0 spiro atoms. The van der Waals surface area contributed by atoms with Crippen molar-refractivity contribution in [2.24, 2.45) is 0 Å². The van der Waals surface area contributed by atoms with Crippen LogP contribution >= 0.6 is 0 Å². The van der Waals surface area contributed by atoms with E-state index in [4.69, 9.17) is 0 Å². The van der Waals surface area contributed by atoms with Gasteiger partial charge in [-0.3, -0.25) is 9.88 Å². The van der Waals surface area contributed by atoms with Crippen LogP contribution in [0.5, 0.6) is 5.75 Å². The number of ether oxygens (including phenoxy) is 1. The maximum Gasteiger partial charge on any atom is 0.387 e. The summed E-state index contributed by atoms with van der Waals surface area (Å²) in [6.45, 7) is 0.199. The van der Waals surface area contributed by atoms with E-state index < -0.39 is 6.61 Å². The number of nitrogens with zero attached hydrogens (tertiary/aromatic N) is 4. The first kappa shape index (κ1) is 20.2. The molecular weight excluding hydrogens is 388 g/mol. The first-order chi connectivity index (χ1) is 14.7. The van der Waals surface area contributed by atoms with Gasteiger partial charge >= 0.3 is 6.61 Å². The van der Waals surface area contributed by atoms with E-state index in [1.807, 2.05) is 12.1 Å². The van der Waals surface area contributed by atoms with E-state index in [1.54, 1.807) is 30.7 Å². The molecule has 155 valence electrons. The number of pyridine rings is 1. The van der Waals surface area contributed by atoms with Crippen LogP contribution in [0.4, 0.5) is 20.4 Å². The molecule has 0 unspecified atom stereocenters. The molecule has 1 aliphatic heterocycles. The molecule has 0 amide bonds. The molecule has 1 saturated heterocycles. The van der Waals surface area contributed by atoms with Gasteiger partial charge in [0.2, 0.25) is 5.95 Å². The van der Waals surface area contributed by atoms with Crippen molar-refractivity contribution in [2.45, 2.75) is 26.0 Å². The Morgan fingerprint density at radius 1 is 0.900 bits per heavy atom. The van der Waals surface area contributed by atoms with E-state index in [0.717, 1.165) is 55.0 Å². The van der Waals surface area contributed by atoms with E-state index in [-0.39, 0.29) is 5.75 Å². The molecule has 0 saturated carbocycles. The van der Waals surface area contributed by atoms with Gasteiger partial charge in [-0.05, 0) is 62.2 Å². The SMILES string of the molecule is FC(F)Oc1ccc(-c2cnc(Nc3ccc(CN4CC[CH]CC4)nc3)nc2)cc1. The van der Waals surface area contributed by atoms with E-state index in [9.17, 15) is 8.78 Å². The predicted molar refractivity (Wildman–Crippen MR) is 110 cm³/mol. The topological polar surface area (TPSA) is 63.2 Å². The quantitative estimate of drug-likeness (QED) is 0.610. The summed E-state index contributed by atoms with van der Waals surface area (Å²) in [4.78, 5) is 15.6. The zero-order valence-electron chi connectivity index (χ0n) is 16.3. The highest BCUT2D eigenvalue weighted by Crippen LogP contribution is 2.23. The van der Waals surface area contributed by atoms with Gasteiger partial charge in [-0.15, -0.1) is 0 Å². The van der Waals surface area contributed by atoms with Gasteiger partial charge in [0.05, 0.1) is 17.6 Å². The second kappa shape index (κ2) is 9.58. The lowest BCUT2D eigenvalue weighted by Crippen LogP contribution is -2.29. The molecule has 0 bridgehead atoms. The summed E-state index contributed by atoms with van der Waals surface area (Å²) in [5, 5.41) is 3.14. The lowest BCUT2D eigenvalue weighted by Gasteiger charge is -2.25. The third-order valence-electron chi connectivity index (χ3n) is 4.83. The summed E-state index contributed by atoms with van der Waals surface area (Å²) in [5.74, 6) is 0.569.